The molecule has 86 valence electrons. The molecular formula is C9H14NO5-. The molecule has 1 N–H and O–H groups in total. The Bertz CT molecular complexity index is 310. The Balaban J connectivity index is 3.10. The molecule has 0 aromatic heterocycles. The van der Waals surface area contributed by atoms with Gasteiger partial charge in [-0.3, -0.25) is 4.90 Å². The summed E-state index contributed by atoms with van der Waals surface area (Å²) in [5.74, 6) is -1.44. The third-order valence-electron chi connectivity index (χ3n) is 2.88. The van der Waals surface area contributed by atoms with Crippen molar-refractivity contribution >= 4 is 12.1 Å². The lowest BCUT2D eigenvalue weighted by molar-refractivity contribution is -0.313. The monoisotopic (exact) mass is 216 g/mol. The van der Waals surface area contributed by atoms with E-state index in [2.05, 4.69) is 0 Å². The second-order valence-corrected chi connectivity index (χ2v) is 4.26. The molecule has 0 aliphatic carbocycles. The quantitative estimate of drug-likeness (QED) is 0.643. The zero-order valence-electron chi connectivity index (χ0n) is 9.10. The van der Waals surface area contributed by atoms with E-state index in [-0.39, 0.29) is 0 Å². The van der Waals surface area contributed by atoms with Crippen LogP contribution in [0.15, 0.2) is 0 Å². The smallest absolute Gasteiger partial charge is 0.413 e. The molecule has 0 radical (unpaired) electrons. The van der Waals surface area contributed by atoms with Gasteiger partial charge in [-0.05, 0) is 27.7 Å². The number of nitrogens with zero attached hydrogens (tertiary/aromatic N) is 1. The Hall–Kier alpha value is -1.30. The molecule has 0 spiro atoms. The molecule has 0 unspecified atom stereocenters. The normalized spacial score (nSPS) is 31.3. The van der Waals surface area contributed by atoms with Gasteiger partial charge in [0.1, 0.15) is 0 Å². The van der Waals surface area contributed by atoms with E-state index in [0.29, 0.717) is 0 Å². The fraction of sp³-hybridized carbons (Fsp3) is 0.778. The summed E-state index contributed by atoms with van der Waals surface area (Å²) in [6.07, 6.45) is -0.860. The van der Waals surface area contributed by atoms with Gasteiger partial charge in [0.05, 0.1) is 12.0 Å². The van der Waals surface area contributed by atoms with Gasteiger partial charge in [0.25, 0.3) is 0 Å². The molecule has 1 saturated heterocycles. The number of hydrogen-bond donors (Lipinski definition) is 1. The number of carboxylic acids is 1. The molecule has 6 heteroatoms. The summed E-state index contributed by atoms with van der Waals surface area (Å²) in [4.78, 5) is 22.8. The first-order chi connectivity index (χ1) is 6.61. The standard InChI is InChI=1S/C9H15NO5/c1-5(6(11)12)10-7(13)15-8(2,3)9(10,4)14/h5,14H,1-4H3,(H,11,12)/p-1/t5-,9-/m0/s1. The van der Waals surface area contributed by atoms with Crippen molar-refractivity contribution in [2.45, 2.75) is 45.1 Å². The van der Waals surface area contributed by atoms with Gasteiger partial charge in [0.2, 0.25) is 0 Å². The third kappa shape index (κ3) is 1.54. The minimum atomic E-state index is -1.68. The minimum absolute atomic E-state index is 0.766. The van der Waals surface area contributed by atoms with Crippen molar-refractivity contribution in [3.63, 3.8) is 0 Å². The molecule has 1 aliphatic rings. The highest BCUT2D eigenvalue weighted by atomic mass is 16.6. The van der Waals surface area contributed by atoms with Gasteiger partial charge in [-0.2, -0.15) is 0 Å². The molecule has 2 atom stereocenters. The largest absolute Gasteiger partial charge is 0.548 e. The Morgan fingerprint density at radius 1 is 1.53 bits per heavy atom. The Morgan fingerprint density at radius 3 is 2.27 bits per heavy atom. The van der Waals surface area contributed by atoms with Gasteiger partial charge in [-0.15, -0.1) is 0 Å². The molecular weight excluding hydrogens is 202 g/mol. The van der Waals surface area contributed by atoms with Crippen LogP contribution in [0.1, 0.15) is 27.7 Å². The molecule has 0 saturated carbocycles. The Morgan fingerprint density at radius 2 is 2.00 bits per heavy atom. The van der Waals surface area contributed by atoms with Crippen LogP contribution in [0.2, 0.25) is 0 Å². The van der Waals surface area contributed by atoms with Crippen LogP contribution in [0.4, 0.5) is 4.79 Å². The molecule has 1 rings (SSSR count). The Kier molecular flexibility index (Phi) is 2.43. The lowest BCUT2D eigenvalue weighted by atomic mass is 9.95. The predicted molar refractivity (Wildman–Crippen MR) is 47.5 cm³/mol. The molecule has 1 aliphatic heterocycles. The molecule has 0 aromatic rings. The molecule has 0 aromatic carbocycles. The first kappa shape index (κ1) is 11.8. The first-order valence-corrected chi connectivity index (χ1v) is 4.57. The fourth-order valence-corrected chi connectivity index (χ4v) is 1.47. The van der Waals surface area contributed by atoms with Crippen molar-refractivity contribution in [2.24, 2.45) is 0 Å². The van der Waals surface area contributed by atoms with Crippen molar-refractivity contribution < 1.29 is 24.5 Å². The second kappa shape index (κ2) is 3.10. The highest BCUT2D eigenvalue weighted by Crippen LogP contribution is 2.38. The van der Waals surface area contributed by atoms with Crippen LogP contribution >= 0.6 is 0 Å². The van der Waals surface area contributed by atoms with Gasteiger partial charge in [-0.1, -0.05) is 0 Å². The van der Waals surface area contributed by atoms with E-state index in [1.54, 1.807) is 0 Å². The molecule has 1 amide bonds. The minimum Gasteiger partial charge on any atom is -0.548 e. The van der Waals surface area contributed by atoms with E-state index in [0.717, 1.165) is 4.90 Å². The summed E-state index contributed by atoms with van der Waals surface area (Å²) < 4.78 is 4.89. The van der Waals surface area contributed by atoms with Crippen molar-refractivity contribution in [1.29, 1.82) is 0 Å². The van der Waals surface area contributed by atoms with E-state index < -0.39 is 29.4 Å². The van der Waals surface area contributed by atoms with Gasteiger partial charge >= 0.3 is 6.09 Å². The third-order valence-corrected chi connectivity index (χ3v) is 2.88. The van der Waals surface area contributed by atoms with Gasteiger partial charge in [0.15, 0.2) is 11.3 Å². The van der Waals surface area contributed by atoms with Crippen LogP contribution in [-0.4, -0.2) is 39.4 Å². The number of hydrogen-bond acceptors (Lipinski definition) is 5. The number of carbonyl (C=O) groups excluding carboxylic acids is 2. The molecule has 15 heavy (non-hydrogen) atoms. The summed E-state index contributed by atoms with van der Waals surface area (Å²) in [7, 11) is 0. The van der Waals surface area contributed by atoms with E-state index in [9.17, 15) is 19.8 Å². The van der Waals surface area contributed by atoms with E-state index in [1.165, 1.54) is 27.7 Å². The Labute approximate surface area is 87.4 Å². The lowest BCUT2D eigenvalue weighted by Gasteiger charge is -2.38. The number of amides is 1. The van der Waals surface area contributed by atoms with Crippen LogP contribution in [-0.2, 0) is 9.53 Å². The lowest BCUT2D eigenvalue weighted by Crippen LogP contribution is -2.60. The highest BCUT2D eigenvalue weighted by molar-refractivity contribution is 5.80. The zero-order chi connectivity index (χ0) is 12.0. The zero-order valence-corrected chi connectivity index (χ0v) is 9.10. The number of carboxylic acid groups (broad SMARTS) is 1. The average molecular weight is 216 g/mol. The maximum absolute atomic E-state index is 11.4. The van der Waals surface area contributed by atoms with Crippen LogP contribution in [0.3, 0.4) is 0 Å². The number of aliphatic carboxylic acids is 1. The summed E-state index contributed by atoms with van der Waals surface area (Å²) in [6.45, 7) is 5.60. The highest BCUT2D eigenvalue weighted by Gasteiger charge is 2.58. The van der Waals surface area contributed by atoms with Gasteiger partial charge in [0, 0.05) is 0 Å². The number of carbonyl (C=O) groups is 2. The second-order valence-electron chi connectivity index (χ2n) is 4.26. The topological polar surface area (TPSA) is 89.9 Å². The van der Waals surface area contributed by atoms with Crippen LogP contribution in [0.25, 0.3) is 0 Å². The maximum atomic E-state index is 11.4. The van der Waals surface area contributed by atoms with E-state index >= 15 is 0 Å². The summed E-state index contributed by atoms with van der Waals surface area (Å²) in [5.41, 5.74) is -2.84. The molecule has 6 nitrogen and oxygen atoms in total. The number of aliphatic hydroxyl groups is 1. The summed E-state index contributed by atoms with van der Waals surface area (Å²) >= 11 is 0. The van der Waals surface area contributed by atoms with Crippen LogP contribution in [0.5, 0.6) is 0 Å². The SMILES string of the molecule is C[C@@H](C(=O)[O-])N1C(=O)OC(C)(C)[C@]1(C)O. The van der Waals surface area contributed by atoms with Crippen molar-refractivity contribution in [3.8, 4) is 0 Å². The van der Waals surface area contributed by atoms with Gasteiger partial charge < -0.3 is 19.7 Å². The van der Waals surface area contributed by atoms with Crippen molar-refractivity contribution in [3.05, 3.63) is 0 Å². The van der Waals surface area contributed by atoms with Crippen molar-refractivity contribution in [2.75, 3.05) is 0 Å². The maximum Gasteiger partial charge on any atom is 0.413 e. The molecule has 1 heterocycles. The number of ether oxygens (including phenoxy) is 1. The summed E-state index contributed by atoms with van der Waals surface area (Å²) in [6, 6.07) is -1.24. The van der Waals surface area contributed by atoms with Crippen LogP contribution in [0, 0.1) is 0 Å². The van der Waals surface area contributed by atoms with E-state index in [1.807, 2.05) is 0 Å². The summed E-state index contributed by atoms with van der Waals surface area (Å²) in [5, 5.41) is 20.7. The van der Waals surface area contributed by atoms with Crippen molar-refractivity contribution in [1.82, 2.24) is 4.90 Å². The molecule has 0 bridgehead atoms. The van der Waals surface area contributed by atoms with Gasteiger partial charge in [-0.25, -0.2) is 4.79 Å². The average Bonchev–Trinajstić information content (AvgIpc) is 2.16. The number of cyclic esters (lactones) is 1. The fourth-order valence-electron chi connectivity index (χ4n) is 1.47. The van der Waals surface area contributed by atoms with Crippen LogP contribution < -0.4 is 5.11 Å². The predicted octanol–water partition coefficient (Wildman–Crippen LogP) is -0.936. The van der Waals surface area contributed by atoms with E-state index in [4.69, 9.17) is 4.74 Å². The first-order valence-electron chi connectivity index (χ1n) is 4.57. The number of rotatable bonds is 2. The molecule has 1 fully saturated rings.